The molecule has 1 amide bonds. The number of Topliss-reactive ketones (excluding diaryl/α,β-unsaturated/α-hetero) is 1. The van der Waals surface area contributed by atoms with Crippen LogP contribution in [0.5, 0.6) is 0 Å². The normalized spacial score (nSPS) is 14.1. The van der Waals surface area contributed by atoms with Crippen molar-refractivity contribution in [3.05, 3.63) is 115 Å². The van der Waals surface area contributed by atoms with Gasteiger partial charge in [-0.3, -0.25) is 14.5 Å². The first-order valence-corrected chi connectivity index (χ1v) is 12.8. The van der Waals surface area contributed by atoms with Crippen LogP contribution in [-0.4, -0.2) is 47.2 Å². The van der Waals surface area contributed by atoms with E-state index in [1.807, 2.05) is 97.2 Å². The Balaban J connectivity index is 1.14. The maximum Gasteiger partial charge on any atom is 0.298 e. The monoisotopic (exact) mass is 504 g/mol. The Morgan fingerprint density at radius 2 is 1.58 bits per heavy atom. The number of anilines is 2. The number of carbonyl (C=O) groups is 2. The number of pyridine rings is 1. The van der Waals surface area contributed by atoms with Gasteiger partial charge in [0.25, 0.3) is 11.7 Å². The standard InChI is InChI=1S/C31H28N4O3/c36-30(29-28(23-7-2-1-3-8-23)21-26-9-4-5-15-35(26)29)31(37)32-24-11-13-25(14-12-24)34-18-16-33(17-19-34)22-27-10-6-20-38-27/h1-15,20-21H,16-19,22H2,(H,32,37). The number of amides is 1. The first kappa shape index (κ1) is 23.8. The Morgan fingerprint density at radius 3 is 2.32 bits per heavy atom. The van der Waals surface area contributed by atoms with E-state index in [4.69, 9.17) is 4.42 Å². The van der Waals surface area contributed by atoms with E-state index in [0.29, 0.717) is 11.4 Å². The van der Waals surface area contributed by atoms with Crippen LogP contribution in [-0.2, 0) is 11.3 Å². The molecule has 0 bridgehead atoms. The molecule has 5 aromatic rings. The van der Waals surface area contributed by atoms with Crippen LogP contribution in [0.1, 0.15) is 16.2 Å². The Morgan fingerprint density at radius 1 is 0.816 bits per heavy atom. The van der Waals surface area contributed by atoms with Gasteiger partial charge in [0.15, 0.2) is 0 Å². The second kappa shape index (κ2) is 10.4. The molecule has 1 N–H and O–H groups in total. The summed E-state index contributed by atoms with van der Waals surface area (Å²) in [7, 11) is 0. The maximum absolute atomic E-state index is 13.4. The van der Waals surface area contributed by atoms with Gasteiger partial charge in [-0.25, -0.2) is 0 Å². The van der Waals surface area contributed by atoms with Gasteiger partial charge in [0.05, 0.1) is 12.8 Å². The van der Waals surface area contributed by atoms with Crippen molar-refractivity contribution in [1.29, 1.82) is 0 Å². The van der Waals surface area contributed by atoms with Gasteiger partial charge in [-0.1, -0.05) is 36.4 Å². The highest BCUT2D eigenvalue weighted by Gasteiger charge is 2.25. The van der Waals surface area contributed by atoms with E-state index in [1.54, 1.807) is 10.7 Å². The number of nitrogens with zero attached hydrogens (tertiary/aromatic N) is 3. The minimum atomic E-state index is -0.662. The maximum atomic E-state index is 13.4. The molecule has 0 saturated carbocycles. The molecule has 3 aromatic heterocycles. The van der Waals surface area contributed by atoms with E-state index in [2.05, 4.69) is 15.1 Å². The molecule has 0 aliphatic carbocycles. The van der Waals surface area contributed by atoms with Crippen LogP contribution in [0.25, 0.3) is 16.6 Å². The largest absolute Gasteiger partial charge is 0.468 e. The highest BCUT2D eigenvalue weighted by atomic mass is 16.3. The molecule has 1 aliphatic heterocycles. The summed E-state index contributed by atoms with van der Waals surface area (Å²) in [5.74, 6) is -0.255. The van der Waals surface area contributed by atoms with E-state index in [9.17, 15) is 9.59 Å². The number of nitrogens with one attached hydrogen (secondary N) is 1. The molecule has 1 fully saturated rings. The number of fused-ring (bicyclic) bond motifs is 1. The van der Waals surface area contributed by atoms with E-state index in [-0.39, 0.29) is 0 Å². The minimum absolute atomic E-state index is 0.355. The molecule has 0 radical (unpaired) electrons. The quantitative estimate of drug-likeness (QED) is 0.239. The number of ketones is 1. The zero-order valence-electron chi connectivity index (χ0n) is 20.9. The summed E-state index contributed by atoms with van der Waals surface area (Å²) in [4.78, 5) is 31.2. The van der Waals surface area contributed by atoms with E-state index in [0.717, 1.165) is 60.8 Å². The van der Waals surface area contributed by atoms with Crippen molar-refractivity contribution in [3.8, 4) is 11.1 Å². The van der Waals surface area contributed by atoms with Crippen LogP contribution in [0.3, 0.4) is 0 Å². The number of rotatable bonds is 7. The second-order valence-electron chi connectivity index (χ2n) is 9.44. The first-order chi connectivity index (χ1) is 18.7. The zero-order chi connectivity index (χ0) is 25.9. The first-order valence-electron chi connectivity index (χ1n) is 12.8. The van der Waals surface area contributed by atoms with Gasteiger partial charge in [-0.15, -0.1) is 0 Å². The van der Waals surface area contributed by atoms with Crippen LogP contribution >= 0.6 is 0 Å². The average Bonchev–Trinajstić information content (AvgIpc) is 3.62. The van der Waals surface area contributed by atoms with Crippen molar-refractivity contribution < 1.29 is 14.0 Å². The molecule has 4 heterocycles. The number of aromatic nitrogens is 1. The van der Waals surface area contributed by atoms with E-state index >= 15 is 0 Å². The molecule has 2 aromatic carbocycles. The number of benzene rings is 2. The molecule has 190 valence electrons. The number of piperazine rings is 1. The molecule has 0 atom stereocenters. The summed E-state index contributed by atoms with van der Waals surface area (Å²) >= 11 is 0. The van der Waals surface area contributed by atoms with Gasteiger partial charge < -0.3 is 19.0 Å². The van der Waals surface area contributed by atoms with Gasteiger partial charge in [-0.2, -0.15) is 0 Å². The summed E-state index contributed by atoms with van der Waals surface area (Å²) in [5.41, 5.74) is 4.52. The zero-order valence-corrected chi connectivity index (χ0v) is 20.9. The van der Waals surface area contributed by atoms with Crippen molar-refractivity contribution in [3.63, 3.8) is 0 Å². The Hall–Kier alpha value is -4.62. The third kappa shape index (κ3) is 4.84. The molecule has 0 spiro atoms. The number of carbonyl (C=O) groups excluding carboxylic acids is 2. The number of hydrogen-bond donors (Lipinski definition) is 1. The van der Waals surface area contributed by atoms with E-state index < -0.39 is 11.7 Å². The van der Waals surface area contributed by atoms with Crippen molar-refractivity contribution in [1.82, 2.24) is 9.30 Å². The Kier molecular flexibility index (Phi) is 6.50. The molecule has 7 heteroatoms. The summed E-state index contributed by atoms with van der Waals surface area (Å²) in [6.07, 6.45) is 3.52. The van der Waals surface area contributed by atoms with Crippen molar-refractivity contribution in [2.75, 3.05) is 36.4 Å². The average molecular weight is 505 g/mol. The predicted octanol–water partition coefficient (Wildman–Crippen LogP) is 5.34. The second-order valence-corrected chi connectivity index (χ2v) is 9.44. The van der Waals surface area contributed by atoms with Crippen molar-refractivity contribution in [2.45, 2.75) is 6.54 Å². The van der Waals surface area contributed by atoms with Crippen molar-refractivity contribution in [2.24, 2.45) is 0 Å². The molecule has 7 nitrogen and oxygen atoms in total. The van der Waals surface area contributed by atoms with Gasteiger partial charge in [0.1, 0.15) is 11.5 Å². The lowest BCUT2D eigenvalue weighted by atomic mass is 10.0. The minimum Gasteiger partial charge on any atom is -0.468 e. The van der Waals surface area contributed by atoms with Gasteiger partial charge in [0, 0.05) is 54.8 Å². The summed E-state index contributed by atoms with van der Waals surface area (Å²) in [5, 5.41) is 2.80. The highest BCUT2D eigenvalue weighted by molar-refractivity contribution is 6.47. The lowest BCUT2D eigenvalue weighted by molar-refractivity contribution is -0.112. The molecular weight excluding hydrogens is 476 g/mol. The lowest BCUT2D eigenvalue weighted by Crippen LogP contribution is -2.45. The fraction of sp³-hybridized carbons (Fsp3) is 0.161. The Labute approximate surface area is 220 Å². The summed E-state index contributed by atoms with van der Waals surface area (Å²) in [6, 6.07) is 28.9. The number of hydrogen-bond acceptors (Lipinski definition) is 5. The van der Waals surface area contributed by atoms with Crippen LogP contribution in [0.15, 0.2) is 108 Å². The number of furan rings is 1. The van der Waals surface area contributed by atoms with Crippen LogP contribution < -0.4 is 10.2 Å². The topological polar surface area (TPSA) is 70.2 Å². The molecule has 38 heavy (non-hydrogen) atoms. The van der Waals surface area contributed by atoms with Gasteiger partial charge in [0.2, 0.25) is 0 Å². The molecular formula is C31H28N4O3. The summed E-state index contributed by atoms with van der Waals surface area (Å²) in [6.45, 7) is 4.54. The fourth-order valence-corrected chi connectivity index (χ4v) is 5.03. The van der Waals surface area contributed by atoms with Gasteiger partial charge in [-0.05, 0) is 60.2 Å². The third-order valence-corrected chi connectivity index (χ3v) is 7.01. The smallest absolute Gasteiger partial charge is 0.298 e. The van der Waals surface area contributed by atoms with Crippen molar-refractivity contribution >= 4 is 28.6 Å². The van der Waals surface area contributed by atoms with Crippen LogP contribution in [0, 0.1) is 0 Å². The molecule has 0 unspecified atom stereocenters. The molecule has 6 rings (SSSR count). The highest BCUT2D eigenvalue weighted by Crippen LogP contribution is 2.29. The fourth-order valence-electron chi connectivity index (χ4n) is 5.03. The predicted molar refractivity (Wildman–Crippen MR) is 148 cm³/mol. The van der Waals surface area contributed by atoms with Crippen LogP contribution in [0.4, 0.5) is 11.4 Å². The van der Waals surface area contributed by atoms with E-state index in [1.165, 1.54) is 0 Å². The summed E-state index contributed by atoms with van der Waals surface area (Å²) < 4.78 is 7.24. The van der Waals surface area contributed by atoms with Crippen LogP contribution in [0.2, 0.25) is 0 Å². The van der Waals surface area contributed by atoms with Gasteiger partial charge >= 0.3 is 0 Å². The molecule has 1 aliphatic rings. The Bertz CT molecular complexity index is 1550. The third-order valence-electron chi connectivity index (χ3n) is 7.01. The lowest BCUT2D eigenvalue weighted by Gasteiger charge is -2.35. The SMILES string of the molecule is O=C(Nc1ccc(N2CCN(Cc3ccco3)CC2)cc1)C(=O)c1c(-c2ccccc2)cc2ccccn12. The molecule has 1 saturated heterocycles.